The Kier molecular flexibility index (Phi) is 5.22. The number of nitrogens with one attached hydrogen (secondary N) is 1. The van der Waals surface area contributed by atoms with E-state index in [9.17, 15) is 4.79 Å². The number of H-pyrrole nitrogens is 1. The zero-order valence-corrected chi connectivity index (χ0v) is 13.1. The average Bonchev–Trinajstić information content (AvgIpc) is 2.38. The van der Waals surface area contributed by atoms with Crippen molar-refractivity contribution in [1.82, 2.24) is 9.97 Å². The Balaban J connectivity index is 2.06. The second-order valence-corrected chi connectivity index (χ2v) is 6.09. The third kappa shape index (κ3) is 4.51. The monoisotopic (exact) mass is 338 g/mol. The van der Waals surface area contributed by atoms with Gasteiger partial charge in [-0.2, -0.15) is 0 Å². The molecule has 0 aliphatic heterocycles. The largest absolute Gasteiger partial charge is 0.301 e. The molecule has 0 aliphatic rings. The zero-order valence-electron chi connectivity index (χ0n) is 10.6. The van der Waals surface area contributed by atoms with Gasteiger partial charge in [-0.25, -0.2) is 4.98 Å². The van der Waals surface area contributed by atoms with Gasteiger partial charge in [0.1, 0.15) is 0 Å². The number of halogens is 1. The van der Waals surface area contributed by atoms with Crippen LogP contribution in [0, 0.1) is 0 Å². The summed E-state index contributed by atoms with van der Waals surface area (Å²) in [6.45, 7) is 2.08. The van der Waals surface area contributed by atoms with Crippen molar-refractivity contribution in [3.05, 3.63) is 56.4 Å². The number of aromatic nitrogens is 2. The minimum absolute atomic E-state index is 0.0724. The molecule has 0 saturated carbocycles. The van der Waals surface area contributed by atoms with E-state index in [-0.39, 0.29) is 5.56 Å². The number of rotatable bonds is 5. The minimum Gasteiger partial charge on any atom is -0.301 e. The lowest BCUT2D eigenvalue weighted by atomic mass is 10.2. The first-order valence-corrected chi connectivity index (χ1v) is 7.92. The van der Waals surface area contributed by atoms with Crippen LogP contribution in [0.2, 0.25) is 0 Å². The summed E-state index contributed by atoms with van der Waals surface area (Å²) in [5.41, 5.74) is 2.00. The Hall–Kier alpha value is -1.07. The van der Waals surface area contributed by atoms with Gasteiger partial charge in [-0.05, 0) is 24.1 Å². The topological polar surface area (TPSA) is 45.8 Å². The molecule has 1 aromatic heterocycles. The SMILES string of the molecule is CCCc1cc(=O)[nH]c(SCc2ccc(Br)cc2)n1. The molecule has 2 rings (SSSR count). The lowest BCUT2D eigenvalue weighted by molar-refractivity contribution is 0.816. The van der Waals surface area contributed by atoms with E-state index in [1.165, 1.54) is 5.56 Å². The molecule has 0 spiro atoms. The molecule has 100 valence electrons. The molecule has 0 radical (unpaired) electrons. The lowest BCUT2D eigenvalue weighted by Gasteiger charge is -2.03. The highest BCUT2D eigenvalue weighted by molar-refractivity contribution is 9.10. The summed E-state index contributed by atoms with van der Waals surface area (Å²) in [7, 11) is 0. The Labute approximate surface area is 125 Å². The van der Waals surface area contributed by atoms with E-state index in [0.717, 1.165) is 28.8 Å². The molecule has 0 unspecified atom stereocenters. The van der Waals surface area contributed by atoms with Crippen molar-refractivity contribution in [3.8, 4) is 0 Å². The smallest absolute Gasteiger partial charge is 0.251 e. The summed E-state index contributed by atoms with van der Waals surface area (Å²) in [6, 6.07) is 9.72. The van der Waals surface area contributed by atoms with Gasteiger partial charge in [0, 0.05) is 22.0 Å². The molecule has 0 amide bonds. The lowest BCUT2D eigenvalue weighted by Crippen LogP contribution is -2.09. The van der Waals surface area contributed by atoms with Crippen molar-refractivity contribution < 1.29 is 0 Å². The highest BCUT2D eigenvalue weighted by Gasteiger charge is 2.02. The van der Waals surface area contributed by atoms with Crippen LogP contribution >= 0.6 is 27.7 Å². The van der Waals surface area contributed by atoms with Crippen molar-refractivity contribution >= 4 is 27.7 Å². The fourth-order valence-electron chi connectivity index (χ4n) is 1.67. The molecule has 0 atom stereocenters. The molecule has 3 nitrogen and oxygen atoms in total. The summed E-state index contributed by atoms with van der Waals surface area (Å²) in [6.07, 6.45) is 1.84. The number of benzene rings is 1. The summed E-state index contributed by atoms with van der Waals surface area (Å²) in [5, 5.41) is 0.693. The first-order valence-electron chi connectivity index (χ1n) is 6.15. The number of aromatic amines is 1. The second kappa shape index (κ2) is 6.91. The van der Waals surface area contributed by atoms with Gasteiger partial charge >= 0.3 is 0 Å². The third-order valence-corrected chi connectivity index (χ3v) is 4.04. The molecule has 2 aromatic rings. The van der Waals surface area contributed by atoms with E-state index >= 15 is 0 Å². The van der Waals surface area contributed by atoms with Gasteiger partial charge < -0.3 is 4.98 Å². The summed E-state index contributed by atoms with van der Waals surface area (Å²) < 4.78 is 1.07. The van der Waals surface area contributed by atoms with Gasteiger partial charge in [0.15, 0.2) is 5.16 Å². The third-order valence-electron chi connectivity index (χ3n) is 2.57. The van der Waals surface area contributed by atoms with Crippen LogP contribution in [-0.2, 0) is 12.2 Å². The van der Waals surface area contributed by atoms with E-state index in [1.54, 1.807) is 17.8 Å². The van der Waals surface area contributed by atoms with Crippen LogP contribution in [0.25, 0.3) is 0 Å². The highest BCUT2D eigenvalue weighted by atomic mass is 79.9. The van der Waals surface area contributed by atoms with Crippen LogP contribution in [0.15, 0.2) is 44.8 Å². The summed E-state index contributed by atoms with van der Waals surface area (Å²) >= 11 is 4.96. The number of aryl methyl sites for hydroxylation is 1. The fourth-order valence-corrected chi connectivity index (χ4v) is 2.78. The van der Waals surface area contributed by atoms with Crippen LogP contribution in [0.5, 0.6) is 0 Å². The molecule has 1 N–H and O–H groups in total. The predicted molar refractivity (Wildman–Crippen MR) is 82.6 cm³/mol. The maximum atomic E-state index is 11.5. The molecular weight excluding hydrogens is 324 g/mol. The van der Waals surface area contributed by atoms with Crippen LogP contribution in [0.3, 0.4) is 0 Å². The number of nitrogens with zero attached hydrogens (tertiary/aromatic N) is 1. The van der Waals surface area contributed by atoms with Gasteiger partial charge in [-0.3, -0.25) is 4.79 Å². The minimum atomic E-state index is -0.0724. The Morgan fingerprint density at radius 2 is 2.05 bits per heavy atom. The van der Waals surface area contributed by atoms with Crippen molar-refractivity contribution in [3.63, 3.8) is 0 Å². The maximum absolute atomic E-state index is 11.5. The van der Waals surface area contributed by atoms with Crippen molar-refractivity contribution in [2.24, 2.45) is 0 Å². The second-order valence-electron chi connectivity index (χ2n) is 4.21. The quantitative estimate of drug-likeness (QED) is 0.666. The molecule has 1 heterocycles. The van der Waals surface area contributed by atoms with E-state index < -0.39 is 0 Å². The van der Waals surface area contributed by atoms with Crippen molar-refractivity contribution in [2.45, 2.75) is 30.7 Å². The molecule has 5 heteroatoms. The Morgan fingerprint density at radius 3 is 2.74 bits per heavy atom. The van der Waals surface area contributed by atoms with E-state index in [1.807, 2.05) is 12.1 Å². The van der Waals surface area contributed by atoms with Gasteiger partial charge in [-0.15, -0.1) is 0 Å². The van der Waals surface area contributed by atoms with Gasteiger partial charge in [0.25, 0.3) is 5.56 Å². The normalized spacial score (nSPS) is 10.6. The van der Waals surface area contributed by atoms with Crippen LogP contribution in [-0.4, -0.2) is 9.97 Å². The molecule has 0 bridgehead atoms. The first kappa shape index (κ1) is 14.3. The maximum Gasteiger partial charge on any atom is 0.251 e. The number of hydrogen-bond acceptors (Lipinski definition) is 3. The molecule has 1 aromatic carbocycles. The molecular formula is C14H15BrN2OS. The van der Waals surface area contributed by atoms with E-state index in [4.69, 9.17) is 0 Å². The number of thioether (sulfide) groups is 1. The average molecular weight is 339 g/mol. The van der Waals surface area contributed by atoms with Crippen LogP contribution in [0.4, 0.5) is 0 Å². The molecule has 19 heavy (non-hydrogen) atoms. The van der Waals surface area contributed by atoms with Gasteiger partial charge in [-0.1, -0.05) is 53.2 Å². The first-order chi connectivity index (χ1) is 9.17. The molecule has 0 fully saturated rings. The Bertz CT molecular complexity index is 595. The van der Waals surface area contributed by atoms with Crippen LogP contribution < -0.4 is 5.56 Å². The Morgan fingerprint density at radius 1 is 1.32 bits per heavy atom. The summed E-state index contributed by atoms with van der Waals surface area (Å²) in [4.78, 5) is 18.8. The summed E-state index contributed by atoms with van der Waals surface area (Å²) in [5.74, 6) is 0.797. The van der Waals surface area contributed by atoms with Crippen molar-refractivity contribution in [1.29, 1.82) is 0 Å². The highest BCUT2D eigenvalue weighted by Crippen LogP contribution is 2.20. The van der Waals surface area contributed by atoms with Gasteiger partial charge in [0.2, 0.25) is 0 Å². The number of hydrogen-bond donors (Lipinski definition) is 1. The van der Waals surface area contributed by atoms with Crippen molar-refractivity contribution in [2.75, 3.05) is 0 Å². The van der Waals surface area contributed by atoms with E-state index in [0.29, 0.717) is 5.16 Å². The van der Waals surface area contributed by atoms with Gasteiger partial charge in [0.05, 0.1) is 0 Å². The van der Waals surface area contributed by atoms with E-state index in [2.05, 4.69) is 45.0 Å². The fraction of sp³-hybridized carbons (Fsp3) is 0.286. The van der Waals surface area contributed by atoms with Crippen LogP contribution in [0.1, 0.15) is 24.6 Å². The zero-order chi connectivity index (χ0) is 13.7. The standard InChI is InChI=1S/C14H15BrN2OS/c1-2-3-12-8-13(18)17-14(16-12)19-9-10-4-6-11(15)7-5-10/h4-8H,2-3,9H2,1H3,(H,16,17,18). The molecule has 0 aliphatic carbocycles. The molecule has 0 saturated heterocycles. The predicted octanol–water partition coefficient (Wildman–Crippen LogP) is 3.78.